The quantitative estimate of drug-likeness (QED) is 0.744. The molecule has 0 bridgehead atoms. The first-order valence-electron chi connectivity index (χ1n) is 5.84. The Bertz CT molecular complexity index is 630. The number of hydrogen-bond acceptors (Lipinski definition) is 3. The van der Waals surface area contributed by atoms with Crippen LogP contribution in [0.3, 0.4) is 0 Å². The van der Waals surface area contributed by atoms with Crippen LogP contribution in [0.4, 0.5) is 0 Å². The van der Waals surface area contributed by atoms with Gasteiger partial charge < -0.3 is 14.9 Å². The summed E-state index contributed by atoms with van der Waals surface area (Å²) in [4.78, 5) is 0. The third kappa shape index (κ3) is 1.44. The molecule has 0 aliphatic carbocycles. The molecule has 3 rings (SSSR count). The predicted molar refractivity (Wildman–Crippen MR) is 68.9 cm³/mol. The molecule has 92 valence electrons. The minimum Gasteiger partial charge on any atom is -0.508 e. The maximum absolute atomic E-state index is 10.0. The standard InChI is InChI=1S/C15H14O3/c1-15(2)11-7-6-9(16)8-10(11)14-12(17)4-3-5-13(14)18-15/h3-8,16-17H,1-2H3. The molecule has 2 aromatic carbocycles. The van der Waals surface area contributed by atoms with Gasteiger partial charge in [-0.05, 0) is 43.7 Å². The molecule has 1 heterocycles. The second kappa shape index (κ2) is 3.42. The van der Waals surface area contributed by atoms with E-state index in [2.05, 4.69) is 0 Å². The normalized spacial score (nSPS) is 15.4. The Labute approximate surface area is 105 Å². The zero-order valence-corrected chi connectivity index (χ0v) is 10.3. The van der Waals surface area contributed by atoms with E-state index in [4.69, 9.17) is 4.74 Å². The highest BCUT2D eigenvalue weighted by Gasteiger charge is 2.33. The molecule has 1 aliphatic rings. The summed E-state index contributed by atoms with van der Waals surface area (Å²) in [7, 11) is 0. The van der Waals surface area contributed by atoms with Crippen LogP contribution in [0.2, 0.25) is 0 Å². The topological polar surface area (TPSA) is 49.7 Å². The first-order valence-corrected chi connectivity index (χ1v) is 5.84. The van der Waals surface area contributed by atoms with E-state index in [1.165, 1.54) is 0 Å². The fraction of sp³-hybridized carbons (Fsp3) is 0.200. The van der Waals surface area contributed by atoms with Crippen LogP contribution in [0.15, 0.2) is 36.4 Å². The molecule has 0 radical (unpaired) electrons. The lowest BCUT2D eigenvalue weighted by Crippen LogP contribution is -2.29. The summed E-state index contributed by atoms with van der Waals surface area (Å²) in [5, 5.41) is 19.7. The molecule has 0 unspecified atom stereocenters. The third-order valence-corrected chi connectivity index (χ3v) is 3.29. The molecule has 2 N–H and O–H groups in total. The number of fused-ring (bicyclic) bond motifs is 3. The molecule has 2 aromatic rings. The minimum absolute atomic E-state index is 0.162. The Balaban J connectivity index is 2.38. The van der Waals surface area contributed by atoms with Crippen molar-refractivity contribution in [3.8, 4) is 28.4 Å². The summed E-state index contributed by atoms with van der Waals surface area (Å²) in [6.07, 6.45) is 0. The largest absolute Gasteiger partial charge is 0.508 e. The van der Waals surface area contributed by atoms with Gasteiger partial charge in [0.05, 0.1) is 5.56 Å². The van der Waals surface area contributed by atoms with Crippen molar-refractivity contribution in [1.82, 2.24) is 0 Å². The van der Waals surface area contributed by atoms with Crippen molar-refractivity contribution in [3.05, 3.63) is 42.0 Å². The zero-order valence-electron chi connectivity index (χ0n) is 10.3. The fourth-order valence-corrected chi connectivity index (χ4v) is 2.47. The van der Waals surface area contributed by atoms with Gasteiger partial charge in [0, 0.05) is 5.56 Å². The molecule has 0 atom stereocenters. The first-order chi connectivity index (χ1) is 8.49. The van der Waals surface area contributed by atoms with Gasteiger partial charge in [0.1, 0.15) is 22.8 Å². The van der Waals surface area contributed by atoms with Gasteiger partial charge in [-0.25, -0.2) is 0 Å². The highest BCUT2D eigenvalue weighted by atomic mass is 16.5. The van der Waals surface area contributed by atoms with E-state index < -0.39 is 5.60 Å². The lowest BCUT2D eigenvalue weighted by molar-refractivity contribution is 0.105. The lowest BCUT2D eigenvalue weighted by Gasteiger charge is -2.35. The molecule has 0 amide bonds. The van der Waals surface area contributed by atoms with E-state index in [0.717, 1.165) is 11.1 Å². The monoisotopic (exact) mass is 242 g/mol. The highest BCUT2D eigenvalue weighted by molar-refractivity contribution is 5.82. The van der Waals surface area contributed by atoms with E-state index in [1.54, 1.807) is 24.3 Å². The molecular formula is C15H14O3. The van der Waals surface area contributed by atoms with Gasteiger partial charge in [-0.1, -0.05) is 12.1 Å². The van der Waals surface area contributed by atoms with Crippen LogP contribution in [0.1, 0.15) is 19.4 Å². The molecule has 0 spiro atoms. The summed E-state index contributed by atoms with van der Waals surface area (Å²) in [6, 6.07) is 10.3. The summed E-state index contributed by atoms with van der Waals surface area (Å²) in [5.41, 5.74) is 1.93. The van der Waals surface area contributed by atoms with Crippen molar-refractivity contribution in [1.29, 1.82) is 0 Å². The average molecular weight is 242 g/mol. The van der Waals surface area contributed by atoms with E-state index in [9.17, 15) is 10.2 Å². The van der Waals surface area contributed by atoms with Crippen LogP contribution >= 0.6 is 0 Å². The van der Waals surface area contributed by atoms with E-state index in [0.29, 0.717) is 11.3 Å². The van der Waals surface area contributed by atoms with Crippen LogP contribution in [-0.4, -0.2) is 10.2 Å². The smallest absolute Gasteiger partial charge is 0.132 e. The van der Waals surface area contributed by atoms with Gasteiger partial charge in [-0.15, -0.1) is 0 Å². The van der Waals surface area contributed by atoms with E-state index in [1.807, 2.05) is 26.0 Å². The molecule has 1 aliphatic heterocycles. The van der Waals surface area contributed by atoms with Crippen molar-refractivity contribution in [2.24, 2.45) is 0 Å². The van der Waals surface area contributed by atoms with Crippen molar-refractivity contribution in [3.63, 3.8) is 0 Å². The van der Waals surface area contributed by atoms with Gasteiger partial charge in [0.15, 0.2) is 0 Å². The molecule has 0 saturated carbocycles. The molecular weight excluding hydrogens is 228 g/mol. The summed E-state index contributed by atoms with van der Waals surface area (Å²) >= 11 is 0. The number of phenols is 2. The average Bonchev–Trinajstić information content (AvgIpc) is 2.27. The van der Waals surface area contributed by atoms with E-state index in [-0.39, 0.29) is 11.5 Å². The van der Waals surface area contributed by atoms with Crippen LogP contribution in [0.25, 0.3) is 11.1 Å². The Morgan fingerprint density at radius 2 is 1.83 bits per heavy atom. The predicted octanol–water partition coefficient (Wildman–Crippen LogP) is 3.39. The lowest BCUT2D eigenvalue weighted by atomic mass is 9.86. The van der Waals surface area contributed by atoms with Crippen molar-refractivity contribution < 1.29 is 14.9 Å². The van der Waals surface area contributed by atoms with Gasteiger partial charge in [0.25, 0.3) is 0 Å². The van der Waals surface area contributed by atoms with Crippen molar-refractivity contribution in [2.45, 2.75) is 19.4 Å². The molecule has 3 nitrogen and oxygen atoms in total. The van der Waals surface area contributed by atoms with Crippen LogP contribution in [0.5, 0.6) is 17.2 Å². The zero-order chi connectivity index (χ0) is 12.9. The maximum atomic E-state index is 10.0. The van der Waals surface area contributed by atoms with Crippen molar-refractivity contribution in [2.75, 3.05) is 0 Å². The van der Waals surface area contributed by atoms with Crippen LogP contribution < -0.4 is 4.74 Å². The van der Waals surface area contributed by atoms with Crippen LogP contribution in [0, 0.1) is 0 Å². The third-order valence-electron chi connectivity index (χ3n) is 3.29. The molecule has 0 aromatic heterocycles. The number of phenolic OH excluding ortho intramolecular Hbond substituents is 2. The summed E-state index contributed by atoms with van der Waals surface area (Å²) in [6.45, 7) is 3.94. The molecule has 0 fully saturated rings. The number of benzene rings is 2. The fourth-order valence-electron chi connectivity index (χ4n) is 2.47. The number of ether oxygens (including phenoxy) is 1. The van der Waals surface area contributed by atoms with Crippen LogP contribution in [-0.2, 0) is 5.60 Å². The van der Waals surface area contributed by atoms with Gasteiger partial charge in [0.2, 0.25) is 0 Å². The summed E-state index contributed by atoms with van der Waals surface area (Å²) < 4.78 is 5.92. The Hall–Kier alpha value is -2.16. The van der Waals surface area contributed by atoms with E-state index >= 15 is 0 Å². The van der Waals surface area contributed by atoms with Crippen molar-refractivity contribution >= 4 is 0 Å². The molecule has 3 heteroatoms. The number of rotatable bonds is 0. The SMILES string of the molecule is CC1(C)Oc2cccc(O)c2-c2cc(O)ccc21. The number of aromatic hydroxyl groups is 2. The Morgan fingerprint density at radius 1 is 1.06 bits per heavy atom. The Morgan fingerprint density at radius 3 is 2.61 bits per heavy atom. The maximum Gasteiger partial charge on any atom is 0.132 e. The second-order valence-corrected chi connectivity index (χ2v) is 4.99. The van der Waals surface area contributed by atoms with Gasteiger partial charge >= 0.3 is 0 Å². The molecule has 18 heavy (non-hydrogen) atoms. The second-order valence-electron chi connectivity index (χ2n) is 4.99. The number of hydrogen-bond donors (Lipinski definition) is 2. The van der Waals surface area contributed by atoms with Gasteiger partial charge in [-0.3, -0.25) is 0 Å². The first kappa shape index (κ1) is 11.0. The van der Waals surface area contributed by atoms with Gasteiger partial charge in [-0.2, -0.15) is 0 Å². The Kier molecular flexibility index (Phi) is 2.08. The minimum atomic E-state index is -0.482. The highest BCUT2D eigenvalue weighted by Crippen LogP contribution is 2.49. The summed E-state index contributed by atoms with van der Waals surface area (Å²) in [5.74, 6) is 0.980. The molecule has 0 saturated heterocycles.